The fourth-order valence-electron chi connectivity index (χ4n) is 1.97. The SMILES string of the molecule is CC(=Cc1ccccc1)B1Oc2ccccc2O1. The molecule has 2 aromatic rings. The summed E-state index contributed by atoms with van der Waals surface area (Å²) >= 11 is 0. The minimum absolute atomic E-state index is 0.317. The van der Waals surface area contributed by atoms with Crippen molar-refractivity contribution in [3.8, 4) is 11.5 Å². The quantitative estimate of drug-likeness (QED) is 0.742. The van der Waals surface area contributed by atoms with Crippen LogP contribution in [0.3, 0.4) is 0 Å². The monoisotopic (exact) mass is 236 g/mol. The second-order valence-corrected chi connectivity index (χ2v) is 4.31. The number of hydrogen-bond donors (Lipinski definition) is 0. The zero-order valence-electron chi connectivity index (χ0n) is 10.2. The van der Waals surface area contributed by atoms with E-state index in [9.17, 15) is 0 Å². The molecule has 1 heterocycles. The highest BCUT2D eigenvalue weighted by Gasteiger charge is 2.33. The Morgan fingerprint density at radius 2 is 1.44 bits per heavy atom. The van der Waals surface area contributed by atoms with Gasteiger partial charge in [0.15, 0.2) is 0 Å². The van der Waals surface area contributed by atoms with Crippen LogP contribution in [0, 0.1) is 0 Å². The summed E-state index contributed by atoms with van der Waals surface area (Å²) < 4.78 is 11.5. The van der Waals surface area contributed by atoms with E-state index in [1.54, 1.807) is 0 Å². The molecule has 88 valence electrons. The van der Waals surface area contributed by atoms with Gasteiger partial charge in [-0.3, -0.25) is 0 Å². The molecule has 0 aromatic heterocycles. The number of para-hydroxylation sites is 2. The third kappa shape index (κ3) is 2.12. The summed E-state index contributed by atoms with van der Waals surface area (Å²) in [7, 11) is -0.317. The Bertz CT molecular complexity index is 553. The second-order valence-electron chi connectivity index (χ2n) is 4.31. The highest BCUT2D eigenvalue weighted by molar-refractivity contribution is 6.57. The molecule has 0 radical (unpaired) electrons. The molecule has 1 aliphatic rings. The smallest absolute Gasteiger partial charge is 0.519 e. The molecule has 0 amide bonds. The highest BCUT2D eigenvalue weighted by atomic mass is 16.6. The molecule has 0 spiro atoms. The van der Waals surface area contributed by atoms with Crippen LogP contribution in [-0.4, -0.2) is 7.12 Å². The van der Waals surface area contributed by atoms with Crippen LogP contribution in [0.25, 0.3) is 6.08 Å². The number of benzene rings is 2. The summed E-state index contributed by atoms with van der Waals surface area (Å²) in [5, 5.41) is 0. The van der Waals surface area contributed by atoms with Crippen molar-refractivity contribution < 1.29 is 9.31 Å². The summed E-state index contributed by atoms with van der Waals surface area (Å²) in [5.74, 6) is 1.62. The van der Waals surface area contributed by atoms with Gasteiger partial charge in [0.2, 0.25) is 0 Å². The van der Waals surface area contributed by atoms with Gasteiger partial charge in [-0.1, -0.05) is 48.5 Å². The van der Waals surface area contributed by atoms with E-state index in [4.69, 9.17) is 9.31 Å². The molecule has 0 N–H and O–H groups in total. The Kier molecular flexibility index (Phi) is 2.81. The van der Waals surface area contributed by atoms with Crippen LogP contribution in [0.15, 0.2) is 60.1 Å². The molecule has 0 saturated carbocycles. The maximum Gasteiger partial charge on any atom is 0.628 e. The van der Waals surface area contributed by atoms with E-state index in [2.05, 4.69) is 18.2 Å². The number of rotatable bonds is 2. The minimum atomic E-state index is -0.317. The average Bonchev–Trinajstić information content (AvgIpc) is 2.84. The van der Waals surface area contributed by atoms with Crippen molar-refractivity contribution in [3.63, 3.8) is 0 Å². The van der Waals surface area contributed by atoms with Crippen molar-refractivity contribution in [2.24, 2.45) is 0 Å². The molecule has 0 fully saturated rings. The Labute approximate surface area is 107 Å². The zero-order chi connectivity index (χ0) is 12.4. The van der Waals surface area contributed by atoms with Crippen molar-refractivity contribution in [2.45, 2.75) is 6.92 Å². The van der Waals surface area contributed by atoms with E-state index < -0.39 is 0 Å². The van der Waals surface area contributed by atoms with Crippen LogP contribution in [0.4, 0.5) is 0 Å². The summed E-state index contributed by atoms with van der Waals surface area (Å²) in [6.45, 7) is 2.02. The highest BCUT2D eigenvalue weighted by Crippen LogP contribution is 2.34. The van der Waals surface area contributed by atoms with Crippen LogP contribution >= 0.6 is 0 Å². The molecular weight excluding hydrogens is 223 g/mol. The van der Waals surface area contributed by atoms with Crippen LogP contribution in [-0.2, 0) is 0 Å². The standard InChI is InChI=1S/C15H13BO2/c1-12(11-13-7-3-2-4-8-13)16-17-14-9-5-6-10-15(14)18-16/h2-11H,1H3. The van der Waals surface area contributed by atoms with Gasteiger partial charge in [-0.25, -0.2) is 0 Å². The summed E-state index contributed by atoms with van der Waals surface area (Å²) in [6.07, 6.45) is 2.08. The molecule has 2 aromatic carbocycles. The molecule has 3 rings (SSSR count). The van der Waals surface area contributed by atoms with Crippen LogP contribution in [0.1, 0.15) is 12.5 Å². The largest absolute Gasteiger partial charge is 0.628 e. The maximum atomic E-state index is 5.75. The van der Waals surface area contributed by atoms with Crippen LogP contribution in [0.2, 0.25) is 0 Å². The Balaban J connectivity index is 1.80. The van der Waals surface area contributed by atoms with Crippen molar-refractivity contribution in [2.75, 3.05) is 0 Å². The lowest BCUT2D eigenvalue weighted by atomic mass is 9.78. The lowest BCUT2D eigenvalue weighted by Crippen LogP contribution is -2.26. The first kappa shape index (κ1) is 11.0. The van der Waals surface area contributed by atoms with E-state index in [0.29, 0.717) is 0 Å². The van der Waals surface area contributed by atoms with Crippen molar-refractivity contribution in [1.82, 2.24) is 0 Å². The molecule has 1 aliphatic heterocycles. The van der Waals surface area contributed by atoms with E-state index in [-0.39, 0.29) is 7.12 Å². The topological polar surface area (TPSA) is 18.5 Å². The van der Waals surface area contributed by atoms with Crippen LogP contribution < -0.4 is 9.31 Å². The zero-order valence-corrected chi connectivity index (χ0v) is 10.2. The normalized spacial score (nSPS) is 13.8. The van der Waals surface area contributed by atoms with Crippen molar-refractivity contribution in [3.05, 3.63) is 65.6 Å². The van der Waals surface area contributed by atoms with Gasteiger partial charge < -0.3 is 9.31 Å². The minimum Gasteiger partial charge on any atom is -0.519 e. The van der Waals surface area contributed by atoms with E-state index in [1.165, 1.54) is 0 Å². The summed E-state index contributed by atoms with van der Waals surface area (Å²) in [4.78, 5) is 0. The van der Waals surface area contributed by atoms with E-state index in [1.807, 2.05) is 49.4 Å². The molecule has 0 saturated heterocycles. The number of allylic oxidation sites excluding steroid dienone is 1. The van der Waals surface area contributed by atoms with E-state index >= 15 is 0 Å². The van der Waals surface area contributed by atoms with Gasteiger partial charge in [0.05, 0.1) is 0 Å². The van der Waals surface area contributed by atoms with Gasteiger partial charge in [-0.2, -0.15) is 0 Å². The number of hydrogen-bond acceptors (Lipinski definition) is 2. The number of fused-ring (bicyclic) bond motifs is 1. The summed E-state index contributed by atoms with van der Waals surface area (Å²) in [5.41, 5.74) is 2.20. The fourth-order valence-corrected chi connectivity index (χ4v) is 1.97. The molecule has 0 atom stereocenters. The third-order valence-electron chi connectivity index (χ3n) is 2.88. The first-order valence-electron chi connectivity index (χ1n) is 5.98. The molecule has 2 nitrogen and oxygen atoms in total. The Hall–Kier alpha value is -2.16. The predicted molar refractivity (Wildman–Crippen MR) is 73.5 cm³/mol. The molecule has 0 aliphatic carbocycles. The molecule has 3 heteroatoms. The molecular formula is C15H13BO2. The molecule has 0 unspecified atom stereocenters. The molecule has 18 heavy (non-hydrogen) atoms. The van der Waals surface area contributed by atoms with Crippen molar-refractivity contribution >= 4 is 13.2 Å². The van der Waals surface area contributed by atoms with E-state index in [0.717, 1.165) is 22.5 Å². The maximum absolute atomic E-state index is 5.75. The third-order valence-corrected chi connectivity index (χ3v) is 2.88. The lowest BCUT2D eigenvalue weighted by Gasteiger charge is -2.04. The molecule has 0 bridgehead atoms. The first-order valence-corrected chi connectivity index (χ1v) is 5.98. The predicted octanol–water partition coefficient (Wildman–Crippen LogP) is 3.59. The van der Waals surface area contributed by atoms with Gasteiger partial charge in [0, 0.05) is 0 Å². The summed E-state index contributed by atoms with van der Waals surface area (Å²) in [6, 6.07) is 17.9. The first-order chi connectivity index (χ1) is 8.83. The van der Waals surface area contributed by atoms with Crippen LogP contribution in [0.5, 0.6) is 11.5 Å². The fraction of sp³-hybridized carbons (Fsp3) is 0.0667. The second kappa shape index (κ2) is 4.61. The van der Waals surface area contributed by atoms with Gasteiger partial charge in [-0.15, -0.1) is 0 Å². The average molecular weight is 236 g/mol. The van der Waals surface area contributed by atoms with Gasteiger partial charge in [-0.05, 0) is 30.1 Å². The Morgan fingerprint density at radius 3 is 2.06 bits per heavy atom. The van der Waals surface area contributed by atoms with Gasteiger partial charge in [0.25, 0.3) is 0 Å². The van der Waals surface area contributed by atoms with Gasteiger partial charge in [0.1, 0.15) is 11.5 Å². The lowest BCUT2D eigenvalue weighted by molar-refractivity contribution is 0.512. The van der Waals surface area contributed by atoms with Crippen molar-refractivity contribution in [1.29, 1.82) is 0 Å². The Morgan fingerprint density at radius 1 is 0.889 bits per heavy atom. The van der Waals surface area contributed by atoms with Gasteiger partial charge >= 0.3 is 7.12 Å².